The van der Waals surface area contributed by atoms with E-state index in [-0.39, 0.29) is 5.91 Å². The predicted octanol–water partition coefficient (Wildman–Crippen LogP) is 4.23. The molecule has 3 rings (SSSR count). The Labute approximate surface area is 136 Å². The molecule has 2 heterocycles. The van der Waals surface area contributed by atoms with Crippen LogP contribution in [-0.4, -0.2) is 19.0 Å². The Hall–Kier alpha value is -2.49. The highest BCUT2D eigenvalue weighted by atomic mass is 16.3. The van der Waals surface area contributed by atoms with Crippen LogP contribution in [0.2, 0.25) is 0 Å². The van der Waals surface area contributed by atoms with E-state index in [4.69, 9.17) is 4.42 Å². The quantitative estimate of drug-likeness (QED) is 0.860. The van der Waals surface area contributed by atoms with Gasteiger partial charge in [-0.05, 0) is 56.5 Å². The number of nitrogens with zero attached hydrogens (tertiary/aromatic N) is 1. The summed E-state index contributed by atoms with van der Waals surface area (Å²) in [5.41, 5.74) is 1.96. The zero-order valence-corrected chi connectivity index (χ0v) is 13.4. The number of para-hydroxylation sites is 2. The highest BCUT2D eigenvalue weighted by Crippen LogP contribution is 2.28. The van der Waals surface area contributed by atoms with Gasteiger partial charge in [0.2, 0.25) is 5.91 Å². The van der Waals surface area contributed by atoms with E-state index in [2.05, 4.69) is 16.3 Å². The molecule has 0 spiro atoms. The van der Waals surface area contributed by atoms with E-state index >= 15 is 0 Å². The number of benzene rings is 1. The van der Waals surface area contributed by atoms with E-state index in [1.54, 1.807) is 6.08 Å². The van der Waals surface area contributed by atoms with Gasteiger partial charge in [-0.1, -0.05) is 12.1 Å². The summed E-state index contributed by atoms with van der Waals surface area (Å²) >= 11 is 0. The summed E-state index contributed by atoms with van der Waals surface area (Å²) in [7, 11) is 0. The Kier molecular flexibility index (Phi) is 4.81. The highest BCUT2D eigenvalue weighted by molar-refractivity contribution is 6.03. The number of piperidine rings is 1. The van der Waals surface area contributed by atoms with Crippen LogP contribution in [0, 0.1) is 6.92 Å². The lowest BCUT2D eigenvalue weighted by molar-refractivity contribution is -0.111. The van der Waals surface area contributed by atoms with E-state index in [0.29, 0.717) is 5.76 Å². The molecule has 120 valence electrons. The van der Waals surface area contributed by atoms with Crippen LogP contribution in [-0.2, 0) is 4.79 Å². The van der Waals surface area contributed by atoms with Crippen molar-refractivity contribution in [1.82, 2.24) is 0 Å². The maximum atomic E-state index is 12.2. The first-order valence-electron chi connectivity index (χ1n) is 8.12. The van der Waals surface area contributed by atoms with Crippen LogP contribution in [0.1, 0.15) is 30.8 Å². The number of aryl methyl sites for hydroxylation is 1. The van der Waals surface area contributed by atoms with Crippen LogP contribution in [0.4, 0.5) is 11.4 Å². The topological polar surface area (TPSA) is 45.5 Å². The van der Waals surface area contributed by atoms with Crippen LogP contribution < -0.4 is 10.2 Å². The second-order valence-electron chi connectivity index (χ2n) is 5.84. The minimum absolute atomic E-state index is 0.150. The zero-order valence-electron chi connectivity index (χ0n) is 13.4. The Morgan fingerprint density at radius 3 is 2.65 bits per heavy atom. The van der Waals surface area contributed by atoms with Gasteiger partial charge in [0.1, 0.15) is 11.5 Å². The normalized spacial score (nSPS) is 15.1. The van der Waals surface area contributed by atoms with Gasteiger partial charge in [-0.3, -0.25) is 4.79 Å². The number of carbonyl (C=O) groups is 1. The first-order chi connectivity index (χ1) is 11.2. The molecule has 0 bridgehead atoms. The summed E-state index contributed by atoms with van der Waals surface area (Å²) in [6, 6.07) is 11.7. The fraction of sp³-hybridized carbons (Fsp3) is 0.316. The lowest BCUT2D eigenvalue weighted by Gasteiger charge is -2.30. The van der Waals surface area contributed by atoms with Gasteiger partial charge in [0.25, 0.3) is 0 Å². The lowest BCUT2D eigenvalue weighted by Crippen LogP contribution is -2.30. The number of carbonyl (C=O) groups excluding carboxylic acids is 1. The van der Waals surface area contributed by atoms with Crippen molar-refractivity contribution in [3.05, 3.63) is 54.0 Å². The third kappa shape index (κ3) is 4.03. The van der Waals surface area contributed by atoms with Crippen LogP contribution in [0.3, 0.4) is 0 Å². The van der Waals surface area contributed by atoms with Crippen molar-refractivity contribution in [2.75, 3.05) is 23.3 Å². The fourth-order valence-electron chi connectivity index (χ4n) is 2.87. The predicted molar refractivity (Wildman–Crippen MR) is 93.6 cm³/mol. The zero-order chi connectivity index (χ0) is 16.1. The SMILES string of the molecule is Cc1ccc(C=CC(=O)Nc2ccccc2N2CCCCC2)o1. The van der Waals surface area contributed by atoms with Crippen LogP contribution in [0.15, 0.2) is 46.9 Å². The number of hydrogen-bond acceptors (Lipinski definition) is 3. The summed E-state index contributed by atoms with van der Waals surface area (Å²) in [6.45, 7) is 3.98. The molecule has 0 unspecified atom stereocenters. The van der Waals surface area contributed by atoms with Crippen LogP contribution in [0.5, 0.6) is 0 Å². The number of anilines is 2. The molecular weight excluding hydrogens is 288 g/mol. The van der Waals surface area contributed by atoms with Gasteiger partial charge in [0.05, 0.1) is 11.4 Å². The van der Waals surface area contributed by atoms with E-state index in [1.807, 2.05) is 37.3 Å². The van der Waals surface area contributed by atoms with Crippen molar-refractivity contribution in [2.24, 2.45) is 0 Å². The molecule has 4 heteroatoms. The van der Waals surface area contributed by atoms with E-state index in [9.17, 15) is 4.79 Å². The number of nitrogens with one attached hydrogen (secondary N) is 1. The van der Waals surface area contributed by atoms with E-state index < -0.39 is 0 Å². The first kappa shape index (κ1) is 15.4. The third-order valence-electron chi connectivity index (χ3n) is 4.02. The summed E-state index contributed by atoms with van der Waals surface area (Å²) in [4.78, 5) is 14.5. The minimum atomic E-state index is -0.150. The van der Waals surface area contributed by atoms with Gasteiger partial charge in [0, 0.05) is 19.2 Å². The van der Waals surface area contributed by atoms with Crippen molar-refractivity contribution in [3.8, 4) is 0 Å². The molecule has 1 amide bonds. The average molecular weight is 310 g/mol. The van der Waals surface area contributed by atoms with E-state index in [1.165, 1.54) is 25.3 Å². The number of hydrogen-bond donors (Lipinski definition) is 1. The standard InChI is InChI=1S/C19H22N2O2/c1-15-9-10-16(23-15)11-12-19(22)20-17-7-3-4-8-18(17)21-13-5-2-6-14-21/h3-4,7-12H,2,5-6,13-14H2,1H3,(H,20,22). The molecule has 0 saturated carbocycles. The number of amides is 1. The molecule has 23 heavy (non-hydrogen) atoms. The third-order valence-corrected chi connectivity index (χ3v) is 4.02. The Morgan fingerprint density at radius 1 is 1.13 bits per heavy atom. The molecule has 1 aromatic heterocycles. The molecule has 1 aliphatic rings. The maximum absolute atomic E-state index is 12.2. The van der Waals surface area contributed by atoms with Crippen LogP contribution in [0.25, 0.3) is 6.08 Å². The summed E-state index contributed by atoms with van der Waals surface area (Å²) in [5, 5.41) is 2.98. The Morgan fingerprint density at radius 2 is 1.91 bits per heavy atom. The molecule has 1 N–H and O–H groups in total. The molecule has 2 aromatic rings. The number of furan rings is 1. The number of rotatable bonds is 4. The van der Waals surface area contributed by atoms with Gasteiger partial charge in [-0.15, -0.1) is 0 Å². The monoisotopic (exact) mass is 310 g/mol. The summed E-state index contributed by atoms with van der Waals surface area (Å²) < 4.78 is 5.43. The molecule has 0 radical (unpaired) electrons. The van der Waals surface area contributed by atoms with Crippen LogP contribution >= 0.6 is 0 Å². The van der Waals surface area contributed by atoms with E-state index in [0.717, 1.165) is 30.2 Å². The average Bonchev–Trinajstić information content (AvgIpc) is 3.00. The van der Waals surface area contributed by atoms with Gasteiger partial charge < -0.3 is 14.6 Å². The Balaban J connectivity index is 1.69. The van der Waals surface area contributed by atoms with Gasteiger partial charge in [-0.25, -0.2) is 0 Å². The molecule has 0 atom stereocenters. The molecule has 1 fully saturated rings. The first-order valence-corrected chi connectivity index (χ1v) is 8.12. The molecule has 1 saturated heterocycles. The second-order valence-corrected chi connectivity index (χ2v) is 5.84. The highest BCUT2D eigenvalue weighted by Gasteiger charge is 2.14. The minimum Gasteiger partial charge on any atom is -0.462 e. The molecular formula is C19H22N2O2. The fourth-order valence-corrected chi connectivity index (χ4v) is 2.87. The van der Waals surface area contributed by atoms with Crippen molar-refractivity contribution in [1.29, 1.82) is 0 Å². The van der Waals surface area contributed by atoms with Crippen molar-refractivity contribution >= 4 is 23.4 Å². The van der Waals surface area contributed by atoms with Crippen molar-refractivity contribution in [2.45, 2.75) is 26.2 Å². The molecule has 1 aromatic carbocycles. The second kappa shape index (κ2) is 7.18. The molecule has 0 aliphatic carbocycles. The molecule has 4 nitrogen and oxygen atoms in total. The van der Waals surface area contributed by atoms with Crippen molar-refractivity contribution in [3.63, 3.8) is 0 Å². The summed E-state index contributed by atoms with van der Waals surface area (Å²) in [6.07, 6.45) is 6.90. The van der Waals surface area contributed by atoms with Gasteiger partial charge >= 0.3 is 0 Å². The smallest absolute Gasteiger partial charge is 0.248 e. The summed E-state index contributed by atoms with van der Waals surface area (Å²) in [5.74, 6) is 1.37. The van der Waals surface area contributed by atoms with Crippen molar-refractivity contribution < 1.29 is 9.21 Å². The maximum Gasteiger partial charge on any atom is 0.248 e. The van der Waals surface area contributed by atoms with Gasteiger partial charge in [0.15, 0.2) is 0 Å². The lowest BCUT2D eigenvalue weighted by atomic mass is 10.1. The largest absolute Gasteiger partial charge is 0.462 e. The Bertz CT molecular complexity index is 697. The molecule has 1 aliphatic heterocycles. The van der Waals surface area contributed by atoms with Gasteiger partial charge in [-0.2, -0.15) is 0 Å².